The van der Waals surface area contributed by atoms with E-state index in [4.69, 9.17) is 16.7 Å². The zero-order valence-corrected chi connectivity index (χ0v) is 10.6. The van der Waals surface area contributed by atoms with Crippen LogP contribution in [-0.4, -0.2) is 39.1 Å². The largest absolute Gasteiger partial charge is 0.395 e. The molecule has 0 saturated carbocycles. The second-order valence-electron chi connectivity index (χ2n) is 3.50. The van der Waals surface area contributed by atoms with Gasteiger partial charge >= 0.3 is 0 Å². The summed E-state index contributed by atoms with van der Waals surface area (Å²) in [6.45, 7) is 4.48. The molecule has 2 aromatic heterocycles. The van der Waals surface area contributed by atoms with Crippen LogP contribution in [-0.2, 0) is 6.54 Å². The van der Waals surface area contributed by atoms with Gasteiger partial charge in [-0.1, -0.05) is 18.5 Å². The van der Waals surface area contributed by atoms with Crippen molar-refractivity contribution in [2.75, 3.05) is 19.7 Å². The lowest BCUT2D eigenvalue weighted by molar-refractivity contribution is 0.195. The van der Waals surface area contributed by atoms with Crippen LogP contribution in [0.5, 0.6) is 0 Å². The van der Waals surface area contributed by atoms with Gasteiger partial charge < -0.3 is 5.11 Å². The van der Waals surface area contributed by atoms with E-state index < -0.39 is 0 Å². The van der Waals surface area contributed by atoms with Crippen molar-refractivity contribution in [2.24, 2.45) is 0 Å². The molecular weight excluding hydrogens is 246 g/mol. The molecule has 0 aliphatic carbocycles. The first kappa shape index (κ1) is 11.9. The Morgan fingerprint density at radius 1 is 1.62 bits per heavy atom. The van der Waals surface area contributed by atoms with E-state index in [2.05, 4.69) is 16.8 Å². The number of fused-ring (bicyclic) bond motifs is 1. The van der Waals surface area contributed by atoms with Crippen molar-refractivity contribution in [3.63, 3.8) is 0 Å². The predicted octanol–water partition coefficient (Wildman–Crippen LogP) is 1.86. The van der Waals surface area contributed by atoms with E-state index in [-0.39, 0.29) is 6.61 Å². The maximum Gasteiger partial charge on any atom is 0.195 e. The Balaban J connectivity index is 2.24. The summed E-state index contributed by atoms with van der Waals surface area (Å²) in [6.07, 6.45) is 1.97. The molecular formula is C10H14ClN3OS. The van der Waals surface area contributed by atoms with Gasteiger partial charge in [-0.15, -0.1) is 11.3 Å². The van der Waals surface area contributed by atoms with Crippen molar-refractivity contribution in [3.05, 3.63) is 22.4 Å². The average molecular weight is 260 g/mol. The van der Waals surface area contributed by atoms with E-state index in [9.17, 15) is 0 Å². The molecule has 0 radical (unpaired) electrons. The van der Waals surface area contributed by atoms with Crippen LogP contribution in [0.25, 0.3) is 4.96 Å². The van der Waals surface area contributed by atoms with Crippen molar-refractivity contribution in [2.45, 2.75) is 13.5 Å². The van der Waals surface area contributed by atoms with E-state index >= 15 is 0 Å². The third-order valence-electron chi connectivity index (χ3n) is 2.55. The summed E-state index contributed by atoms with van der Waals surface area (Å²) in [5, 5.41) is 11.5. The fourth-order valence-corrected chi connectivity index (χ4v) is 2.66. The topological polar surface area (TPSA) is 40.8 Å². The predicted molar refractivity (Wildman–Crippen MR) is 66.1 cm³/mol. The van der Waals surface area contributed by atoms with Gasteiger partial charge in [-0.2, -0.15) is 0 Å². The van der Waals surface area contributed by atoms with Crippen LogP contribution < -0.4 is 0 Å². The highest BCUT2D eigenvalue weighted by atomic mass is 35.5. The minimum absolute atomic E-state index is 0.164. The van der Waals surface area contributed by atoms with Crippen molar-refractivity contribution < 1.29 is 5.11 Å². The number of hydrogen-bond acceptors (Lipinski definition) is 4. The quantitative estimate of drug-likeness (QED) is 0.891. The minimum atomic E-state index is 0.164. The second kappa shape index (κ2) is 5.14. The van der Waals surface area contributed by atoms with Crippen LogP contribution in [0.1, 0.15) is 12.6 Å². The van der Waals surface area contributed by atoms with Gasteiger partial charge in [0.15, 0.2) is 10.1 Å². The smallest absolute Gasteiger partial charge is 0.195 e. The first-order chi connectivity index (χ1) is 7.76. The molecule has 0 fully saturated rings. The normalized spacial score (nSPS) is 11.8. The summed E-state index contributed by atoms with van der Waals surface area (Å²) in [6, 6.07) is 0. The van der Waals surface area contributed by atoms with Gasteiger partial charge in [0.2, 0.25) is 0 Å². The molecule has 0 unspecified atom stereocenters. The standard InChI is InChI=1S/C10H14ClN3OS/c1-2-13(3-5-15)7-8-9(11)12-10-14(8)4-6-16-10/h4,6,15H,2-3,5,7H2,1H3. The van der Waals surface area contributed by atoms with Gasteiger partial charge in [-0.3, -0.25) is 9.30 Å². The molecule has 0 atom stereocenters. The Morgan fingerprint density at radius 2 is 2.44 bits per heavy atom. The Labute approximate surface area is 103 Å². The maximum atomic E-state index is 8.94. The maximum absolute atomic E-state index is 8.94. The minimum Gasteiger partial charge on any atom is -0.395 e. The lowest BCUT2D eigenvalue weighted by Crippen LogP contribution is -2.26. The monoisotopic (exact) mass is 259 g/mol. The summed E-state index contributed by atoms with van der Waals surface area (Å²) in [4.78, 5) is 7.33. The molecule has 6 heteroatoms. The second-order valence-corrected chi connectivity index (χ2v) is 4.73. The fraction of sp³-hybridized carbons (Fsp3) is 0.500. The number of aliphatic hydroxyl groups is 1. The van der Waals surface area contributed by atoms with Gasteiger partial charge in [0.25, 0.3) is 0 Å². The highest BCUT2D eigenvalue weighted by Crippen LogP contribution is 2.22. The number of aliphatic hydroxyl groups excluding tert-OH is 1. The van der Waals surface area contributed by atoms with Crippen LogP contribution >= 0.6 is 22.9 Å². The summed E-state index contributed by atoms with van der Waals surface area (Å²) in [7, 11) is 0. The number of nitrogens with zero attached hydrogens (tertiary/aromatic N) is 3. The van der Waals surface area contributed by atoms with Gasteiger partial charge in [0, 0.05) is 24.7 Å². The number of thiazole rings is 1. The van der Waals surface area contributed by atoms with Crippen molar-refractivity contribution in [1.82, 2.24) is 14.3 Å². The Hall–Kier alpha value is -0.620. The van der Waals surface area contributed by atoms with E-state index in [1.807, 2.05) is 16.0 Å². The molecule has 2 heterocycles. The number of halogens is 1. The van der Waals surface area contributed by atoms with Gasteiger partial charge in [0.1, 0.15) is 0 Å². The zero-order valence-electron chi connectivity index (χ0n) is 9.06. The SMILES string of the molecule is CCN(CCO)Cc1c(Cl)nc2sccn12. The molecule has 16 heavy (non-hydrogen) atoms. The lowest BCUT2D eigenvalue weighted by Gasteiger charge is -2.18. The van der Waals surface area contributed by atoms with Gasteiger partial charge in [-0.25, -0.2) is 4.98 Å². The highest BCUT2D eigenvalue weighted by Gasteiger charge is 2.13. The number of aromatic nitrogens is 2. The van der Waals surface area contributed by atoms with Crippen LogP contribution in [0.15, 0.2) is 11.6 Å². The van der Waals surface area contributed by atoms with E-state index in [0.29, 0.717) is 18.2 Å². The van der Waals surface area contributed by atoms with Crippen LogP contribution in [0.2, 0.25) is 5.15 Å². The molecule has 1 N–H and O–H groups in total. The van der Waals surface area contributed by atoms with Crippen molar-refractivity contribution in [3.8, 4) is 0 Å². The number of rotatable bonds is 5. The average Bonchev–Trinajstić information content (AvgIpc) is 2.81. The van der Waals surface area contributed by atoms with Crippen LogP contribution in [0.4, 0.5) is 0 Å². The highest BCUT2D eigenvalue weighted by molar-refractivity contribution is 7.15. The summed E-state index contributed by atoms with van der Waals surface area (Å²) < 4.78 is 2.01. The molecule has 2 aromatic rings. The van der Waals surface area contributed by atoms with E-state index in [1.165, 1.54) is 0 Å². The molecule has 0 aliphatic rings. The Kier molecular flexibility index (Phi) is 3.81. The number of hydrogen-bond donors (Lipinski definition) is 1. The Morgan fingerprint density at radius 3 is 3.12 bits per heavy atom. The lowest BCUT2D eigenvalue weighted by atomic mass is 10.4. The zero-order chi connectivity index (χ0) is 11.5. The number of imidazole rings is 1. The van der Waals surface area contributed by atoms with E-state index in [0.717, 1.165) is 17.2 Å². The molecule has 0 saturated heterocycles. The van der Waals surface area contributed by atoms with E-state index in [1.54, 1.807) is 11.3 Å². The molecule has 0 aliphatic heterocycles. The van der Waals surface area contributed by atoms with Crippen LogP contribution in [0, 0.1) is 0 Å². The summed E-state index contributed by atoms with van der Waals surface area (Å²) in [5.41, 5.74) is 0.994. The first-order valence-electron chi connectivity index (χ1n) is 5.19. The first-order valence-corrected chi connectivity index (χ1v) is 6.45. The fourth-order valence-electron chi connectivity index (χ4n) is 1.65. The molecule has 2 rings (SSSR count). The number of likely N-dealkylation sites (N-methyl/N-ethyl adjacent to an activating group) is 1. The molecule has 88 valence electrons. The molecule has 0 spiro atoms. The third-order valence-corrected chi connectivity index (χ3v) is 3.61. The summed E-state index contributed by atoms with van der Waals surface area (Å²) in [5.74, 6) is 0. The van der Waals surface area contributed by atoms with Crippen LogP contribution in [0.3, 0.4) is 0 Å². The van der Waals surface area contributed by atoms with Gasteiger partial charge in [0.05, 0.1) is 12.3 Å². The van der Waals surface area contributed by atoms with Gasteiger partial charge in [-0.05, 0) is 6.54 Å². The van der Waals surface area contributed by atoms with Crippen molar-refractivity contribution >= 4 is 27.9 Å². The van der Waals surface area contributed by atoms with Crippen molar-refractivity contribution in [1.29, 1.82) is 0 Å². The third kappa shape index (κ3) is 2.22. The molecule has 0 bridgehead atoms. The molecule has 0 aromatic carbocycles. The summed E-state index contributed by atoms with van der Waals surface area (Å²) >= 11 is 7.67. The molecule has 4 nitrogen and oxygen atoms in total. The Bertz CT molecular complexity index is 468. The molecule has 0 amide bonds.